The summed E-state index contributed by atoms with van der Waals surface area (Å²) in [5.74, 6) is 1.37. The highest BCUT2D eigenvalue weighted by molar-refractivity contribution is 5.31. The van der Waals surface area contributed by atoms with Crippen molar-refractivity contribution in [3.63, 3.8) is 0 Å². The first-order chi connectivity index (χ1) is 8.75. The Morgan fingerprint density at radius 2 is 2.11 bits per heavy atom. The van der Waals surface area contributed by atoms with Gasteiger partial charge in [0.15, 0.2) is 0 Å². The van der Waals surface area contributed by atoms with Gasteiger partial charge in [-0.1, -0.05) is 31.2 Å². The SMILES string of the molecule is CC1C(N)CCC1CC1OCCc2ccccc21. The van der Waals surface area contributed by atoms with E-state index in [1.807, 2.05) is 0 Å². The monoisotopic (exact) mass is 245 g/mol. The van der Waals surface area contributed by atoms with Gasteiger partial charge in [0.2, 0.25) is 0 Å². The van der Waals surface area contributed by atoms with Crippen molar-refractivity contribution in [2.45, 2.75) is 44.8 Å². The lowest BCUT2D eigenvalue weighted by atomic mass is 9.86. The molecule has 2 nitrogen and oxygen atoms in total. The first-order valence-corrected chi connectivity index (χ1v) is 7.20. The molecule has 1 aliphatic heterocycles. The zero-order valence-electron chi connectivity index (χ0n) is 11.1. The highest BCUT2D eigenvalue weighted by Crippen LogP contribution is 2.40. The van der Waals surface area contributed by atoms with Gasteiger partial charge in [-0.25, -0.2) is 0 Å². The highest BCUT2D eigenvalue weighted by atomic mass is 16.5. The van der Waals surface area contributed by atoms with E-state index in [1.54, 1.807) is 0 Å². The predicted octanol–water partition coefficient (Wildman–Crippen LogP) is 3.06. The molecule has 1 aromatic carbocycles. The Morgan fingerprint density at radius 3 is 2.89 bits per heavy atom. The third-order valence-electron chi connectivity index (χ3n) is 4.90. The largest absolute Gasteiger partial charge is 0.373 e. The fraction of sp³-hybridized carbons (Fsp3) is 0.625. The van der Waals surface area contributed by atoms with Crippen molar-refractivity contribution in [3.05, 3.63) is 35.4 Å². The Morgan fingerprint density at radius 1 is 1.28 bits per heavy atom. The lowest BCUT2D eigenvalue weighted by molar-refractivity contribution is 0.0216. The lowest BCUT2D eigenvalue weighted by Crippen LogP contribution is -2.27. The Bertz CT molecular complexity index is 417. The molecule has 98 valence electrons. The zero-order valence-corrected chi connectivity index (χ0v) is 11.1. The molecule has 2 heteroatoms. The molecule has 1 fully saturated rings. The molecule has 0 radical (unpaired) electrons. The number of hydrogen-bond donors (Lipinski definition) is 1. The number of ether oxygens (including phenoxy) is 1. The molecule has 1 aromatic rings. The van der Waals surface area contributed by atoms with E-state index in [2.05, 4.69) is 31.2 Å². The maximum Gasteiger partial charge on any atom is 0.0830 e. The van der Waals surface area contributed by atoms with E-state index < -0.39 is 0 Å². The summed E-state index contributed by atoms with van der Waals surface area (Å²) >= 11 is 0. The minimum Gasteiger partial charge on any atom is -0.373 e. The van der Waals surface area contributed by atoms with E-state index in [-0.39, 0.29) is 0 Å². The van der Waals surface area contributed by atoms with E-state index in [4.69, 9.17) is 10.5 Å². The van der Waals surface area contributed by atoms with E-state index in [0.29, 0.717) is 18.1 Å². The summed E-state index contributed by atoms with van der Waals surface area (Å²) in [4.78, 5) is 0. The number of benzene rings is 1. The second-order valence-electron chi connectivity index (χ2n) is 5.90. The molecule has 0 bridgehead atoms. The molecule has 1 heterocycles. The molecule has 0 amide bonds. The lowest BCUT2D eigenvalue weighted by Gasteiger charge is -2.29. The maximum absolute atomic E-state index is 6.13. The molecule has 0 aromatic heterocycles. The zero-order chi connectivity index (χ0) is 12.5. The second-order valence-corrected chi connectivity index (χ2v) is 5.90. The van der Waals surface area contributed by atoms with Crippen LogP contribution in [0.1, 0.15) is 43.4 Å². The average molecular weight is 245 g/mol. The minimum absolute atomic E-state index is 0.299. The molecule has 4 unspecified atom stereocenters. The van der Waals surface area contributed by atoms with Gasteiger partial charge in [0.25, 0.3) is 0 Å². The molecule has 2 aliphatic rings. The van der Waals surface area contributed by atoms with Crippen LogP contribution in [0.5, 0.6) is 0 Å². The first kappa shape index (κ1) is 12.2. The Kier molecular flexibility index (Phi) is 3.40. The summed E-state index contributed by atoms with van der Waals surface area (Å²) in [5, 5.41) is 0. The van der Waals surface area contributed by atoms with Crippen molar-refractivity contribution in [2.24, 2.45) is 17.6 Å². The maximum atomic E-state index is 6.13. The van der Waals surface area contributed by atoms with Crippen LogP contribution in [0.4, 0.5) is 0 Å². The van der Waals surface area contributed by atoms with Crippen LogP contribution in [0.3, 0.4) is 0 Å². The first-order valence-electron chi connectivity index (χ1n) is 7.20. The van der Waals surface area contributed by atoms with Crippen molar-refractivity contribution >= 4 is 0 Å². The van der Waals surface area contributed by atoms with Gasteiger partial charge in [0, 0.05) is 6.04 Å². The third kappa shape index (κ3) is 2.19. The Balaban J connectivity index is 1.75. The molecule has 3 rings (SSSR count). The molecule has 18 heavy (non-hydrogen) atoms. The van der Waals surface area contributed by atoms with E-state index >= 15 is 0 Å². The summed E-state index contributed by atoms with van der Waals surface area (Å²) in [6.07, 6.45) is 4.95. The number of fused-ring (bicyclic) bond motifs is 1. The van der Waals surface area contributed by atoms with Crippen LogP contribution in [-0.4, -0.2) is 12.6 Å². The van der Waals surface area contributed by atoms with Crippen LogP contribution in [-0.2, 0) is 11.2 Å². The van der Waals surface area contributed by atoms with E-state index in [1.165, 1.54) is 24.0 Å². The van der Waals surface area contributed by atoms with Crippen LogP contribution in [0.2, 0.25) is 0 Å². The van der Waals surface area contributed by atoms with Gasteiger partial charge in [-0.2, -0.15) is 0 Å². The fourth-order valence-electron chi connectivity index (χ4n) is 3.56. The number of rotatable bonds is 2. The predicted molar refractivity (Wildman–Crippen MR) is 73.3 cm³/mol. The summed E-state index contributed by atoms with van der Waals surface area (Å²) in [6.45, 7) is 3.17. The average Bonchev–Trinajstić information content (AvgIpc) is 2.71. The summed E-state index contributed by atoms with van der Waals surface area (Å²) in [5.41, 5.74) is 9.02. The Hall–Kier alpha value is -0.860. The molecule has 0 saturated heterocycles. The van der Waals surface area contributed by atoms with Gasteiger partial charge in [-0.3, -0.25) is 0 Å². The summed E-state index contributed by atoms with van der Waals surface area (Å²) in [7, 11) is 0. The van der Waals surface area contributed by atoms with Gasteiger partial charge < -0.3 is 10.5 Å². The third-order valence-corrected chi connectivity index (χ3v) is 4.90. The molecular formula is C16H23NO. The van der Waals surface area contributed by atoms with E-state index in [9.17, 15) is 0 Å². The van der Waals surface area contributed by atoms with Gasteiger partial charge in [0.05, 0.1) is 12.7 Å². The smallest absolute Gasteiger partial charge is 0.0830 e. The second kappa shape index (κ2) is 5.02. The van der Waals surface area contributed by atoms with Crippen LogP contribution >= 0.6 is 0 Å². The molecule has 0 spiro atoms. The van der Waals surface area contributed by atoms with Crippen LogP contribution in [0.15, 0.2) is 24.3 Å². The summed E-state index contributed by atoms with van der Waals surface area (Å²) < 4.78 is 6.01. The Labute approximate surface area is 110 Å². The van der Waals surface area contributed by atoms with Crippen molar-refractivity contribution in [1.82, 2.24) is 0 Å². The van der Waals surface area contributed by atoms with Crippen molar-refractivity contribution in [1.29, 1.82) is 0 Å². The van der Waals surface area contributed by atoms with E-state index in [0.717, 1.165) is 25.4 Å². The topological polar surface area (TPSA) is 35.2 Å². The standard InChI is InChI=1S/C16H23NO/c1-11-13(6-7-15(11)17)10-16-14-5-3-2-4-12(14)8-9-18-16/h2-5,11,13,15-16H,6-10,17H2,1H3. The highest BCUT2D eigenvalue weighted by Gasteiger charge is 2.33. The van der Waals surface area contributed by atoms with Crippen LogP contribution in [0.25, 0.3) is 0 Å². The van der Waals surface area contributed by atoms with Crippen molar-refractivity contribution in [2.75, 3.05) is 6.61 Å². The van der Waals surface area contributed by atoms with Crippen LogP contribution in [0, 0.1) is 11.8 Å². The number of hydrogen-bond acceptors (Lipinski definition) is 2. The van der Waals surface area contributed by atoms with Gasteiger partial charge in [0.1, 0.15) is 0 Å². The minimum atomic E-state index is 0.299. The quantitative estimate of drug-likeness (QED) is 0.869. The van der Waals surface area contributed by atoms with Crippen molar-refractivity contribution in [3.8, 4) is 0 Å². The molecule has 2 N–H and O–H groups in total. The summed E-state index contributed by atoms with van der Waals surface area (Å²) in [6, 6.07) is 9.14. The molecule has 4 atom stereocenters. The van der Waals surface area contributed by atoms with Gasteiger partial charge in [-0.15, -0.1) is 0 Å². The van der Waals surface area contributed by atoms with Gasteiger partial charge >= 0.3 is 0 Å². The molecule has 1 saturated carbocycles. The normalized spacial score (nSPS) is 35.4. The van der Waals surface area contributed by atoms with Crippen molar-refractivity contribution < 1.29 is 4.74 Å². The molecule has 1 aliphatic carbocycles. The van der Waals surface area contributed by atoms with Crippen LogP contribution < -0.4 is 5.73 Å². The number of nitrogens with two attached hydrogens (primary N) is 1. The van der Waals surface area contributed by atoms with Gasteiger partial charge in [-0.05, 0) is 48.6 Å². The fourth-order valence-corrected chi connectivity index (χ4v) is 3.56. The molecular weight excluding hydrogens is 222 g/mol.